The Labute approximate surface area is 741 Å². The number of hydrogen-bond donors (Lipinski definition) is 30. The topological polar surface area (TPSA) is 878 Å². The van der Waals surface area contributed by atoms with Crippen LogP contribution in [-0.2, 0) is 109 Å². The maximum atomic E-state index is 14.5. The number of carbonyl (C=O) groups excluding carboxylic acids is 18. The molecule has 51 heteroatoms. The van der Waals surface area contributed by atoms with Crippen molar-refractivity contribution in [2.45, 2.75) is 280 Å². The van der Waals surface area contributed by atoms with Crippen molar-refractivity contribution in [2.24, 2.45) is 52.0 Å². The molecule has 0 unspecified atom stereocenters. The van der Waals surface area contributed by atoms with Crippen LogP contribution in [0.5, 0.6) is 0 Å². The van der Waals surface area contributed by atoms with E-state index in [1.807, 2.05) is 0 Å². The second-order valence-corrected chi connectivity index (χ2v) is 31.6. The highest BCUT2D eigenvalue weighted by atomic mass is 16.4. The van der Waals surface area contributed by atoms with E-state index in [2.05, 4.69) is 89.7 Å². The fourth-order valence-electron chi connectivity index (χ4n) is 12.5. The van der Waals surface area contributed by atoms with Gasteiger partial charge in [0.1, 0.15) is 84.6 Å². The van der Waals surface area contributed by atoms with Crippen molar-refractivity contribution < 1.29 is 127 Å². The minimum Gasteiger partial charge on any atom is -0.481 e. The first-order chi connectivity index (χ1) is 60.4. The van der Waals surface area contributed by atoms with E-state index in [-0.39, 0.29) is 38.6 Å². The molecule has 37 N–H and O–H groups in total. The smallest absolute Gasteiger partial charge is 0.326 e. The van der Waals surface area contributed by atoms with Gasteiger partial charge in [0.15, 0.2) is 5.96 Å². The number of aromatic amines is 1. The number of benzene rings is 1. The average Bonchev–Trinajstić information content (AvgIpc) is 1.57. The summed E-state index contributed by atoms with van der Waals surface area (Å²) in [6, 6.07) is -19.0. The molecule has 129 heavy (non-hydrogen) atoms. The fourth-order valence-corrected chi connectivity index (χ4v) is 12.5. The van der Waals surface area contributed by atoms with Crippen molar-refractivity contribution in [3.05, 3.63) is 54.1 Å². The number of aliphatic hydroxyl groups is 4. The molecule has 720 valence electrons. The molecule has 1 heterocycles. The highest BCUT2D eigenvalue weighted by molar-refractivity contribution is 6.02. The molecular weight excluding hydrogens is 1700 g/mol. The Kier molecular flexibility index (Phi) is 49.3. The molecule has 0 aliphatic carbocycles. The van der Waals surface area contributed by atoms with E-state index in [0.717, 1.165) is 27.7 Å². The number of unbranched alkanes of at least 4 members (excludes halogenated alkanes) is 1. The second-order valence-electron chi connectivity index (χ2n) is 31.6. The highest BCUT2D eigenvalue weighted by Crippen LogP contribution is 2.16. The number of amides is 18. The van der Waals surface area contributed by atoms with Gasteiger partial charge in [-0.15, -0.1) is 0 Å². The minimum atomic E-state index is -2.17. The molecule has 0 radical (unpaired) electrons. The lowest BCUT2D eigenvalue weighted by Crippen LogP contribution is -2.63. The van der Waals surface area contributed by atoms with E-state index >= 15 is 0 Å². The molecule has 0 spiro atoms. The van der Waals surface area contributed by atoms with Gasteiger partial charge in [0.25, 0.3) is 0 Å². The minimum absolute atomic E-state index is 0.142. The Morgan fingerprint density at radius 3 is 1.10 bits per heavy atom. The normalized spacial score (nSPS) is 15.6. The zero-order valence-corrected chi connectivity index (χ0v) is 72.9. The number of aliphatic carboxylic acids is 2. The summed E-state index contributed by atoms with van der Waals surface area (Å²) in [6.45, 7) is 10.2. The van der Waals surface area contributed by atoms with Crippen molar-refractivity contribution in [1.29, 1.82) is 5.41 Å². The molecule has 0 saturated heterocycles. The van der Waals surface area contributed by atoms with Gasteiger partial charge < -0.3 is 156 Å². The first kappa shape index (κ1) is 112. The summed E-state index contributed by atoms with van der Waals surface area (Å²) in [5.74, 6) is -26.2. The Morgan fingerprint density at radius 2 is 0.736 bits per heavy atom. The molecule has 51 nitrogen and oxygen atoms in total. The lowest BCUT2D eigenvalue weighted by atomic mass is 10.0. The molecule has 0 fully saturated rings. The summed E-state index contributed by atoms with van der Waals surface area (Å²) >= 11 is 0. The van der Waals surface area contributed by atoms with Gasteiger partial charge in [-0.3, -0.25) is 96.5 Å². The van der Waals surface area contributed by atoms with Gasteiger partial charge in [-0.2, -0.15) is 0 Å². The van der Waals surface area contributed by atoms with Crippen molar-refractivity contribution >= 4 is 124 Å². The maximum absolute atomic E-state index is 14.5. The van der Waals surface area contributed by atoms with Gasteiger partial charge in [-0.1, -0.05) is 64.4 Å². The Bertz CT molecular complexity index is 4160. The first-order valence-electron chi connectivity index (χ1n) is 41.5. The van der Waals surface area contributed by atoms with Crippen LogP contribution in [0.2, 0.25) is 0 Å². The van der Waals surface area contributed by atoms with Crippen LogP contribution in [-0.4, -0.2) is 293 Å². The summed E-state index contributed by atoms with van der Waals surface area (Å²) in [6.07, 6.45) is -11.6. The van der Waals surface area contributed by atoms with Gasteiger partial charge >= 0.3 is 11.9 Å². The molecule has 19 atom stereocenters. The number of guanidine groups is 1. The monoisotopic (exact) mass is 1830 g/mol. The van der Waals surface area contributed by atoms with Crippen molar-refractivity contribution in [3.8, 4) is 0 Å². The number of carboxylic acid groups (broad SMARTS) is 2. The van der Waals surface area contributed by atoms with Crippen LogP contribution in [0.3, 0.4) is 0 Å². The summed E-state index contributed by atoms with van der Waals surface area (Å²) in [5.41, 5.74) is 39.4. The number of H-pyrrole nitrogens is 1. The van der Waals surface area contributed by atoms with Crippen LogP contribution in [0.15, 0.2) is 42.9 Å². The van der Waals surface area contributed by atoms with Gasteiger partial charge in [-0.25, -0.2) is 9.78 Å². The van der Waals surface area contributed by atoms with Gasteiger partial charge in [-0.05, 0) is 109 Å². The summed E-state index contributed by atoms with van der Waals surface area (Å²) < 4.78 is 0. The third-order valence-corrected chi connectivity index (χ3v) is 19.5. The number of aliphatic hydroxyl groups excluding tert-OH is 4. The van der Waals surface area contributed by atoms with Crippen LogP contribution in [0.1, 0.15) is 163 Å². The lowest BCUT2D eigenvalue weighted by molar-refractivity contribution is -0.142. The van der Waals surface area contributed by atoms with Crippen LogP contribution in [0.4, 0.5) is 0 Å². The number of rotatable bonds is 62. The predicted octanol–water partition coefficient (Wildman–Crippen LogP) is -11.5. The molecule has 2 aromatic rings. The van der Waals surface area contributed by atoms with E-state index in [1.54, 1.807) is 44.2 Å². The number of nitrogens with one attached hydrogen (secondary N) is 17. The number of carboxylic acids is 2. The van der Waals surface area contributed by atoms with Gasteiger partial charge in [0, 0.05) is 57.0 Å². The number of nitrogens with zero attached hydrogens (tertiary/aromatic N) is 1. The summed E-state index contributed by atoms with van der Waals surface area (Å²) in [7, 11) is 0. The van der Waals surface area contributed by atoms with Crippen LogP contribution < -0.4 is 120 Å². The first-order valence-corrected chi connectivity index (χ1v) is 41.5. The Hall–Kier alpha value is -13.1. The highest BCUT2D eigenvalue weighted by Gasteiger charge is 2.42. The molecule has 1 aromatic carbocycles. The number of imidazole rings is 1. The van der Waals surface area contributed by atoms with Gasteiger partial charge in [0.05, 0.1) is 43.2 Å². The zero-order chi connectivity index (χ0) is 97.8. The van der Waals surface area contributed by atoms with Crippen molar-refractivity contribution in [1.82, 2.24) is 89.7 Å². The third-order valence-electron chi connectivity index (χ3n) is 19.5. The second kappa shape index (κ2) is 56.8. The fraction of sp³-hybridized carbons (Fsp3) is 0.615. The van der Waals surface area contributed by atoms with Crippen LogP contribution >= 0.6 is 0 Å². The molecular formula is C78H127N25O26. The van der Waals surface area contributed by atoms with Crippen LogP contribution in [0, 0.1) is 17.2 Å². The van der Waals surface area contributed by atoms with E-state index in [0.29, 0.717) is 30.6 Å². The molecule has 0 aliphatic rings. The van der Waals surface area contributed by atoms with Crippen LogP contribution in [0.25, 0.3) is 0 Å². The van der Waals surface area contributed by atoms with Crippen molar-refractivity contribution in [3.63, 3.8) is 0 Å². The summed E-state index contributed by atoms with van der Waals surface area (Å²) in [5, 5.41) is 106. The summed E-state index contributed by atoms with van der Waals surface area (Å²) in [4.78, 5) is 278. The lowest BCUT2D eigenvalue weighted by Gasteiger charge is -2.30. The maximum Gasteiger partial charge on any atom is 0.326 e. The number of carbonyl (C=O) groups is 20. The van der Waals surface area contributed by atoms with E-state index in [1.165, 1.54) is 26.4 Å². The third kappa shape index (κ3) is 42.4. The Morgan fingerprint density at radius 1 is 0.388 bits per heavy atom. The molecule has 1 aromatic heterocycles. The molecule has 2 rings (SSSR count). The number of nitrogens with two attached hydrogens (primary N) is 7. The Balaban J connectivity index is 2.55. The van der Waals surface area contributed by atoms with Crippen molar-refractivity contribution in [2.75, 3.05) is 13.1 Å². The number of hydrogen-bond acceptors (Lipinski definition) is 28. The zero-order valence-electron chi connectivity index (χ0n) is 72.9. The number of aromatic nitrogens is 2. The number of primary amides is 4. The molecule has 0 aliphatic heterocycles. The van der Waals surface area contributed by atoms with Gasteiger partial charge in [0.2, 0.25) is 106 Å². The van der Waals surface area contributed by atoms with E-state index < -0.39 is 315 Å². The predicted molar refractivity (Wildman–Crippen MR) is 454 cm³/mol. The van der Waals surface area contributed by atoms with E-state index in [9.17, 15) is 127 Å². The average molecular weight is 1830 g/mol. The largest absolute Gasteiger partial charge is 0.481 e. The van der Waals surface area contributed by atoms with E-state index in [4.69, 9.17) is 45.5 Å². The molecule has 0 bridgehead atoms. The SMILES string of the molecule is CC(C)C[C@H](NC(=O)[C@@H](NC(=O)[C@H](CCCNC(=N)N)NC(=O)[C@@H](NC(=O)[C@H](CCC(=O)O)NC(=O)[C@H](CCC(N)=O)NC(=O)[C@@H](NC(=O)[C@H](CCC(N)=O)NC(=O)[C@@H](NC(=O)[C@H](CC(N)=O)NC(=O)[C@@H](N)CCCCN)C(C)C)[C@@H](C)O)[C@@H](C)O)[C@@H](C)O)C(=O)N[C@H](C(=O)N[C@@H](CCC(N)=O)C(=O)N[C@@H](Cc1ccccc1)C(=O)N[C@@H](Cc1cnc[nH]1)C(=O)O)[C@@H](C)O. The molecule has 18 amide bonds. The quantitative estimate of drug-likeness (QED) is 0.0166. The standard InChI is InChI=1S/C78H127N25O26/c1-35(2)29-49(70(121)103-61(39(7)106)75(126)94-46(20-24-54(82)109)65(116)96-50(30-41-15-10-9-11-16-41)69(120)98-52(77(128)129)31-42-33-87-34-89-42)97-76(127)62(40(8)107)100-66(117)44(18-14-28-88-78(85)86)91-73(124)59(37(5)104)102-68(119)48(22-26-57(112)113)90-64(115)45(19-23-53(81)108)93-74(125)60(38(6)105)101-67(118)47(21-25-55(83)110)92-72(123)58(36(3)4)99-71(122)51(32-56(84)111)95-63(114)43(80)17-12-13-27-79/h9-11,15-16,33-40,43-52,58-62,104-107H,12-14,17-32,79-80H2,1-8H3,(H2,81,108)(H2,82,109)(H2,83,110)(H2,84,111)(H,87,89)(H,90,115)(H,91,124)(H,92,123)(H,93,125)(H,94,126)(H,95,114)(H,96,116)(H,97,127)(H,98,120)(H,99,122)(H,100,117)(H,101,118)(H,102,119)(H,103,121)(H,112,113)(H,128,129)(H4,85,86,88)/t37-,38-,39-,40-,43+,44+,45+,46+,47+,48+,49+,50+,51+,52+,58+,59+,60+,61+,62+/m1/s1. The molecule has 0 saturated carbocycles.